The van der Waals surface area contributed by atoms with Gasteiger partial charge in [0.1, 0.15) is 18.5 Å². The molecule has 0 saturated carbocycles. The van der Waals surface area contributed by atoms with E-state index in [1.807, 2.05) is 31.2 Å². The van der Waals surface area contributed by atoms with Crippen LogP contribution in [0.2, 0.25) is 0 Å². The first kappa shape index (κ1) is 16.0. The summed E-state index contributed by atoms with van der Waals surface area (Å²) in [5.41, 5.74) is 4.01. The second-order valence-electron chi connectivity index (χ2n) is 6.53. The van der Waals surface area contributed by atoms with Gasteiger partial charge < -0.3 is 9.84 Å². The number of hydrogen-bond acceptors (Lipinski definition) is 3. The van der Waals surface area contributed by atoms with Crippen LogP contribution in [-0.4, -0.2) is 35.3 Å². The molecule has 23 heavy (non-hydrogen) atoms. The highest BCUT2D eigenvalue weighted by Crippen LogP contribution is 2.23. The Kier molecular flexibility index (Phi) is 4.99. The Labute approximate surface area is 138 Å². The molecule has 3 rings (SSSR count). The van der Waals surface area contributed by atoms with Gasteiger partial charge in [-0.1, -0.05) is 42.0 Å². The number of β-amino-alcohol motifs (C(OH)–C–C–N with tert-alkyl or cyclic N) is 1. The molecule has 0 fully saturated rings. The molecule has 0 amide bonds. The molecule has 1 aliphatic rings. The van der Waals surface area contributed by atoms with Crippen molar-refractivity contribution in [3.63, 3.8) is 0 Å². The van der Waals surface area contributed by atoms with Gasteiger partial charge in [-0.15, -0.1) is 0 Å². The molecule has 1 aliphatic heterocycles. The van der Waals surface area contributed by atoms with Gasteiger partial charge in [0.2, 0.25) is 0 Å². The maximum Gasteiger partial charge on any atom is 0.119 e. The summed E-state index contributed by atoms with van der Waals surface area (Å²) in [5.74, 6) is 0.812. The second kappa shape index (κ2) is 7.16. The summed E-state index contributed by atoms with van der Waals surface area (Å²) in [7, 11) is 0. The zero-order chi connectivity index (χ0) is 16.2. The summed E-state index contributed by atoms with van der Waals surface area (Å²) in [6, 6.07) is 17.0. The first-order valence-electron chi connectivity index (χ1n) is 8.30. The quantitative estimate of drug-likeness (QED) is 0.920. The number of aryl methyl sites for hydroxylation is 1. The predicted octanol–water partition coefficient (Wildman–Crippen LogP) is 3.18. The van der Waals surface area contributed by atoms with Gasteiger partial charge >= 0.3 is 0 Å². The van der Waals surface area contributed by atoms with Crippen molar-refractivity contribution >= 4 is 0 Å². The van der Waals surface area contributed by atoms with Gasteiger partial charge in [0.25, 0.3) is 0 Å². The van der Waals surface area contributed by atoms with Gasteiger partial charge in [-0.3, -0.25) is 4.90 Å². The Hall–Kier alpha value is -1.84. The molecule has 0 bridgehead atoms. The van der Waals surface area contributed by atoms with Crippen LogP contribution in [0.3, 0.4) is 0 Å². The summed E-state index contributed by atoms with van der Waals surface area (Å²) >= 11 is 0. The second-order valence-corrected chi connectivity index (χ2v) is 6.53. The van der Waals surface area contributed by atoms with Crippen LogP contribution in [0.25, 0.3) is 0 Å². The van der Waals surface area contributed by atoms with Crippen LogP contribution in [0, 0.1) is 6.92 Å². The molecular formula is C20H25NO2. The van der Waals surface area contributed by atoms with Crippen LogP contribution in [0.15, 0.2) is 48.5 Å². The average Bonchev–Trinajstić information content (AvgIpc) is 2.55. The van der Waals surface area contributed by atoms with Crippen molar-refractivity contribution in [3.05, 3.63) is 65.2 Å². The van der Waals surface area contributed by atoms with E-state index in [0.717, 1.165) is 18.7 Å². The van der Waals surface area contributed by atoms with Gasteiger partial charge in [-0.25, -0.2) is 0 Å². The lowest BCUT2D eigenvalue weighted by Crippen LogP contribution is -2.44. The Morgan fingerprint density at radius 1 is 1.13 bits per heavy atom. The van der Waals surface area contributed by atoms with Crippen molar-refractivity contribution in [1.82, 2.24) is 4.90 Å². The van der Waals surface area contributed by atoms with Gasteiger partial charge in [0, 0.05) is 19.1 Å². The lowest BCUT2D eigenvalue weighted by molar-refractivity contribution is 0.0479. The first-order valence-corrected chi connectivity index (χ1v) is 8.30. The van der Waals surface area contributed by atoms with E-state index in [1.165, 1.54) is 16.7 Å². The molecule has 122 valence electrons. The summed E-state index contributed by atoms with van der Waals surface area (Å²) in [5, 5.41) is 10.3. The third-order valence-electron chi connectivity index (χ3n) is 4.54. The fourth-order valence-electron chi connectivity index (χ4n) is 3.13. The predicted molar refractivity (Wildman–Crippen MR) is 92.7 cm³/mol. The van der Waals surface area contributed by atoms with E-state index >= 15 is 0 Å². The van der Waals surface area contributed by atoms with Crippen LogP contribution in [-0.2, 0) is 13.0 Å². The Bertz CT molecular complexity index is 638. The first-order chi connectivity index (χ1) is 11.1. The van der Waals surface area contributed by atoms with Crippen LogP contribution < -0.4 is 4.74 Å². The zero-order valence-corrected chi connectivity index (χ0v) is 13.9. The molecule has 0 spiro atoms. The summed E-state index contributed by atoms with van der Waals surface area (Å²) in [4.78, 5) is 2.34. The minimum atomic E-state index is -0.482. The molecule has 0 aliphatic carbocycles. The van der Waals surface area contributed by atoms with E-state index in [-0.39, 0.29) is 0 Å². The van der Waals surface area contributed by atoms with E-state index in [4.69, 9.17) is 4.74 Å². The van der Waals surface area contributed by atoms with E-state index in [0.29, 0.717) is 19.2 Å². The van der Waals surface area contributed by atoms with E-state index < -0.39 is 6.10 Å². The number of fused-ring (bicyclic) bond motifs is 1. The molecule has 0 aromatic heterocycles. The SMILES string of the molecule is Cc1ccc(OCC(O)CN2Cc3ccccc3CC2C)cc1. The average molecular weight is 311 g/mol. The van der Waals surface area contributed by atoms with Gasteiger partial charge in [-0.2, -0.15) is 0 Å². The number of aliphatic hydroxyl groups is 1. The highest BCUT2D eigenvalue weighted by molar-refractivity contribution is 5.30. The molecular weight excluding hydrogens is 286 g/mol. The number of ether oxygens (including phenoxy) is 1. The third-order valence-corrected chi connectivity index (χ3v) is 4.54. The number of hydrogen-bond donors (Lipinski definition) is 1. The van der Waals surface area contributed by atoms with Crippen LogP contribution in [0.5, 0.6) is 5.75 Å². The molecule has 3 nitrogen and oxygen atoms in total. The Balaban J connectivity index is 1.53. The largest absolute Gasteiger partial charge is 0.491 e. The lowest BCUT2D eigenvalue weighted by Gasteiger charge is -2.36. The minimum Gasteiger partial charge on any atom is -0.491 e. The molecule has 0 radical (unpaired) electrons. The molecule has 2 aromatic carbocycles. The van der Waals surface area contributed by atoms with Crippen LogP contribution in [0.1, 0.15) is 23.6 Å². The maximum absolute atomic E-state index is 10.3. The molecule has 0 saturated heterocycles. The highest BCUT2D eigenvalue weighted by Gasteiger charge is 2.24. The molecule has 1 N–H and O–H groups in total. The zero-order valence-electron chi connectivity index (χ0n) is 13.9. The molecule has 2 unspecified atom stereocenters. The Morgan fingerprint density at radius 3 is 2.57 bits per heavy atom. The van der Waals surface area contributed by atoms with Crippen LogP contribution in [0.4, 0.5) is 0 Å². The molecule has 2 atom stereocenters. The number of benzene rings is 2. The third kappa shape index (κ3) is 4.12. The van der Waals surface area contributed by atoms with Crippen molar-refractivity contribution < 1.29 is 9.84 Å². The fourth-order valence-corrected chi connectivity index (χ4v) is 3.13. The van der Waals surface area contributed by atoms with E-state index in [9.17, 15) is 5.11 Å². The number of rotatable bonds is 5. The maximum atomic E-state index is 10.3. The van der Waals surface area contributed by atoms with Gasteiger partial charge in [0.05, 0.1) is 0 Å². The monoisotopic (exact) mass is 311 g/mol. The van der Waals surface area contributed by atoms with Gasteiger partial charge in [-0.05, 0) is 43.5 Å². The molecule has 2 aromatic rings. The Morgan fingerprint density at radius 2 is 1.83 bits per heavy atom. The minimum absolute atomic E-state index is 0.327. The molecule has 1 heterocycles. The topological polar surface area (TPSA) is 32.7 Å². The number of nitrogens with zero attached hydrogens (tertiary/aromatic N) is 1. The summed E-state index contributed by atoms with van der Waals surface area (Å²) < 4.78 is 5.69. The van der Waals surface area contributed by atoms with Crippen molar-refractivity contribution in [3.8, 4) is 5.75 Å². The van der Waals surface area contributed by atoms with Crippen LogP contribution >= 0.6 is 0 Å². The lowest BCUT2D eigenvalue weighted by atomic mass is 9.94. The van der Waals surface area contributed by atoms with Crippen molar-refractivity contribution in [2.75, 3.05) is 13.2 Å². The van der Waals surface area contributed by atoms with E-state index in [1.54, 1.807) is 0 Å². The standard InChI is InChI=1S/C20H25NO2/c1-15-7-9-20(10-8-15)23-14-19(22)13-21-12-18-6-4-3-5-17(18)11-16(21)2/h3-10,16,19,22H,11-14H2,1-2H3. The summed E-state index contributed by atoms with van der Waals surface area (Å²) in [6.07, 6.45) is 0.561. The highest BCUT2D eigenvalue weighted by atomic mass is 16.5. The number of aliphatic hydroxyl groups excluding tert-OH is 1. The van der Waals surface area contributed by atoms with E-state index in [2.05, 4.69) is 36.1 Å². The van der Waals surface area contributed by atoms with Crippen molar-refractivity contribution in [2.24, 2.45) is 0 Å². The summed E-state index contributed by atoms with van der Waals surface area (Å²) in [6.45, 7) is 6.14. The molecule has 3 heteroatoms. The van der Waals surface area contributed by atoms with Crippen molar-refractivity contribution in [1.29, 1.82) is 0 Å². The van der Waals surface area contributed by atoms with Crippen molar-refractivity contribution in [2.45, 2.75) is 39.0 Å². The smallest absolute Gasteiger partial charge is 0.119 e. The van der Waals surface area contributed by atoms with Gasteiger partial charge in [0.15, 0.2) is 0 Å². The normalized spacial score (nSPS) is 19.2. The fraction of sp³-hybridized carbons (Fsp3) is 0.400.